The van der Waals surface area contributed by atoms with Crippen LogP contribution >= 0.6 is 15.9 Å². The third kappa shape index (κ3) is 3.48. The van der Waals surface area contributed by atoms with Crippen LogP contribution in [0.1, 0.15) is 12.8 Å². The van der Waals surface area contributed by atoms with Crippen LogP contribution < -0.4 is 11.1 Å². The molecule has 0 bridgehead atoms. The van der Waals surface area contributed by atoms with Crippen LogP contribution in [0.25, 0.3) is 0 Å². The van der Waals surface area contributed by atoms with Gasteiger partial charge in [-0.3, -0.25) is 9.59 Å². The number of carbonyl (C=O) groups excluding carboxylic acids is 3. The van der Waals surface area contributed by atoms with Crippen molar-refractivity contribution in [2.24, 2.45) is 11.7 Å². The Morgan fingerprint density at radius 3 is 2.75 bits per heavy atom. The Bertz CT molecular complexity index is 308. The van der Waals surface area contributed by atoms with E-state index in [0.717, 1.165) is 0 Å². The number of halogens is 1. The lowest BCUT2D eigenvalue weighted by Crippen LogP contribution is -2.34. The van der Waals surface area contributed by atoms with Gasteiger partial charge in [-0.15, -0.1) is 0 Å². The third-order valence-electron chi connectivity index (χ3n) is 2.41. The lowest BCUT2D eigenvalue weighted by molar-refractivity contribution is -0.127. The summed E-state index contributed by atoms with van der Waals surface area (Å²) in [5.74, 6) is -0.689. The highest BCUT2D eigenvalue weighted by molar-refractivity contribution is 9.09. The van der Waals surface area contributed by atoms with Crippen molar-refractivity contribution in [2.45, 2.75) is 18.9 Å². The van der Waals surface area contributed by atoms with Gasteiger partial charge in [0.15, 0.2) is 11.9 Å². The molecule has 3 N–H and O–H groups in total. The minimum atomic E-state index is -1.00. The van der Waals surface area contributed by atoms with Crippen molar-refractivity contribution < 1.29 is 19.1 Å². The molecule has 16 heavy (non-hydrogen) atoms. The number of Topliss-reactive ketones (excluding diaryl/α,β-unsaturated/α-hetero) is 1. The van der Waals surface area contributed by atoms with Crippen LogP contribution in [0.3, 0.4) is 0 Å². The zero-order valence-corrected chi connectivity index (χ0v) is 10.2. The number of nitrogens with two attached hydrogens (primary N) is 1. The number of ether oxygens (including phenoxy) is 1. The van der Waals surface area contributed by atoms with Crippen LogP contribution in [-0.4, -0.2) is 35.8 Å². The Hall–Kier alpha value is -1.11. The monoisotopic (exact) mass is 292 g/mol. The Labute approximate surface area is 101 Å². The summed E-state index contributed by atoms with van der Waals surface area (Å²) in [4.78, 5) is 33.3. The van der Waals surface area contributed by atoms with E-state index in [1.165, 1.54) is 0 Å². The fourth-order valence-electron chi connectivity index (χ4n) is 1.60. The normalized spacial score (nSPS) is 21.3. The van der Waals surface area contributed by atoms with Crippen molar-refractivity contribution >= 4 is 33.7 Å². The zero-order chi connectivity index (χ0) is 12.1. The number of alkyl halides is 1. The van der Waals surface area contributed by atoms with Gasteiger partial charge >= 0.3 is 6.09 Å². The lowest BCUT2D eigenvalue weighted by atomic mass is 9.98. The van der Waals surface area contributed by atoms with Gasteiger partial charge in [0.25, 0.3) is 0 Å². The van der Waals surface area contributed by atoms with Gasteiger partial charge in [0.1, 0.15) is 0 Å². The minimum absolute atomic E-state index is 0.0687. The van der Waals surface area contributed by atoms with E-state index in [2.05, 4.69) is 21.2 Å². The van der Waals surface area contributed by atoms with Gasteiger partial charge in [0.2, 0.25) is 5.91 Å². The molecule has 0 spiro atoms. The average molecular weight is 293 g/mol. The molecule has 1 heterocycles. The Morgan fingerprint density at radius 2 is 2.31 bits per heavy atom. The SMILES string of the molecule is NC(=O)OC(C[C@@H]1CCNC1=O)C(=O)CBr. The molecule has 2 amide bonds. The molecule has 1 rings (SSSR count). The van der Waals surface area contributed by atoms with E-state index in [9.17, 15) is 14.4 Å². The first-order valence-corrected chi connectivity index (χ1v) is 5.99. The van der Waals surface area contributed by atoms with Crippen LogP contribution in [0.15, 0.2) is 0 Å². The molecule has 1 aliphatic heterocycles. The molecule has 0 saturated carbocycles. The molecule has 1 saturated heterocycles. The summed E-state index contributed by atoms with van der Waals surface area (Å²) >= 11 is 2.99. The first-order valence-electron chi connectivity index (χ1n) is 4.87. The fourth-order valence-corrected chi connectivity index (χ4v) is 1.96. The summed E-state index contributed by atoms with van der Waals surface area (Å²) in [5.41, 5.74) is 4.87. The largest absolute Gasteiger partial charge is 0.438 e. The number of amides is 2. The number of primary amides is 1. The standard InChI is InChI=1S/C9H13BrN2O4/c10-4-6(13)7(16-9(11)15)3-5-1-2-12-8(5)14/h5,7H,1-4H2,(H2,11,15)(H,12,14)/t5-,7?/m0/s1. The number of hydrogen-bond donors (Lipinski definition) is 2. The summed E-state index contributed by atoms with van der Waals surface area (Å²) in [7, 11) is 0. The van der Waals surface area contributed by atoms with E-state index in [0.29, 0.717) is 13.0 Å². The van der Waals surface area contributed by atoms with Crippen molar-refractivity contribution in [3.05, 3.63) is 0 Å². The summed E-state index contributed by atoms with van der Waals surface area (Å²) in [6.45, 7) is 0.593. The fraction of sp³-hybridized carbons (Fsp3) is 0.667. The minimum Gasteiger partial charge on any atom is -0.438 e. The first-order chi connectivity index (χ1) is 7.54. The molecule has 0 aromatic heterocycles. The van der Waals surface area contributed by atoms with Gasteiger partial charge in [-0.1, -0.05) is 15.9 Å². The van der Waals surface area contributed by atoms with E-state index in [4.69, 9.17) is 10.5 Å². The van der Waals surface area contributed by atoms with Gasteiger partial charge in [-0.2, -0.15) is 0 Å². The molecule has 1 aliphatic rings. The lowest BCUT2D eigenvalue weighted by Gasteiger charge is -2.16. The molecule has 0 aromatic carbocycles. The maximum Gasteiger partial charge on any atom is 0.405 e. The number of nitrogens with one attached hydrogen (secondary N) is 1. The second-order valence-corrected chi connectivity index (χ2v) is 4.10. The van der Waals surface area contributed by atoms with Crippen LogP contribution in [0.4, 0.5) is 4.79 Å². The predicted molar refractivity (Wildman–Crippen MR) is 59.0 cm³/mol. The highest BCUT2D eigenvalue weighted by Crippen LogP contribution is 2.18. The molecular formula is C9H13BrN2O4. The molecule has 0 aliphatic carbocycles. The molecule has 7 heteroatoms. The number of carbonyl (C=O) groups is 3. The van der Waals surface area contributed by atoms with Crippen LogP contribution in [0.2, 0.25) is 0 Å². The van der Waals surface area contributed by atoms with E-state index >= 15 is 0 Å². The molecule has 1 fully saturated rings. The van der Waals surface area contributed by atoms with E-state index < -0.39 is 12.2 Å². The molecule has 2 atom stereocenters. The Kier molecular flexibility index (Phi) is 4.72. The van der Waals surface area contributed by atoms with Crippen molar-refractivity contribution in [1.29, 1.82) is 0 Å². The molecular weight excluding hydrogens is 280 g/mol. The van der Waals surface area contributed by atoms with Gasteiger partial charge in [-0.05, 0) is 6.42 Å². The van der Waals surface area contributed by atoms with Gasteiger partial charge < -0.3 is 15.8 Å². The highest BCUT2D eigenvalue weighted by Gasteiger charge is 2.31. The number of ketones is 1. The van der Waals surface area contributed by atoms with Crippen LogP contribution in [-0.2, 0) is 14.3 Å². The maximum absolute atomic E-state index is 11.4. The van der Waals surface area contributed by atoms with Crippen molar-refractivity contribution in [3.63, 3.8) is 0 Å². The van der Waals surface area contributed by atoms with Crippen molar-refractivity contribution in [2.75, 3.05) is 11.9 Å². The summed E-state index contributed by atoms with van der Waals surface area (Å²) in [6.07, 6.45) is -1.10. The third-order valence-corrected chi connectivity index (χ3v) is 2.96. The van der Waals surface area contributed by atoms with Gasteiger partial charge in [-0.25, -0.2) is 4.79 Å². The topological polar surface area (TPSA) is 98.5 Å². The Morgan fingerprint density at radius 1 is 1.62 bits per heavy atom. The van der Waals surface area contributed by atoms with Gasteiger partial charge in [0, 0.05) is 18.9 Å². The van der Waals surface area contributed by atoms with Crippen molar-refractivity contribution in [3.8, 4) is 0 Å². The Balaban J connectivity index is 2.58. The molecule has 1 unspecified atom stereocenters. The second-order valence-electron chi connectivity index (χ2n) is 3.54. The quantitative estimate of drug-likeness (QED) is 0.694. The summed E-state index contributed by atoms with van der Waals surface area (Å²) in [6, 6.07) is 0. The highest BCUT2D eigenvalue weighted by atomic mass is 79.9. The zero-order valence-electron chi connectivity index (χ0n) is 8.57. The smallest absolute Gasteiger partial charge is 0.405 e. The summed E-state index contributed by atoms with van der Waals surface area (Å²) in [5, 5.41) is 2.72. The molecule has 90 valence electrons. The number of rotatable bonds is 5. The van der Waals surface area contributed by atoms with E-state index in [1.807, 2.05) is 0 Å². The summed E-state index contributed by atoms with van der Waals surface area (Å²) < 4.78 is 4.69. The van der Waals surface area contributed by atoms with Crippen LogP contribution in [0.5, 0.6) is 0 Å². The number of hydrogen-bond acceptors (Lipinski definition) is 4. The maximum atomic E-state index is 11.4. The molecule has 0 aromatic rings. The second kappa shape index (κ2) is 5.83. The van der Waals surface area contributed by atoms with Crippen molar-refractivity contribution in [1.82, 2.24) is 5.32 Å². The first kappa shape index (κ1) is 13.0. The average Bonchev–Trinajstić information content (AvgIpc) is 2.61. The van der Waals surface area contributed by atoms with E-state index in [1.54, 1.807) is 0 Å². The molecule has 0 radical (unpaired) electrons. The van der Waals surface area contributed by atoms with Crippen LogP contribution in [0, 0.1) is 5.92 Å². The van der Waals surface area contributed by atoms with Gasteiger partial charge in [0.05, 0.1) is 5.33 Å². The predicted octanol–water partition coefficient (Wildman–Crippen LogP) is -0.0595. The molecule has 6 nitrogen and oxygen atoms in total. The van der Waals surface area contributed by atoms with E-state index in [-0.39, 0.29) is 29.4 Å².